The lowest BCUT2D eigenvalue weighted by Crippen LogP contribution is -2.37. The molecular weight excluding hydrogens is 506 g/mol. The van der Waals surface area contributed by atoms with E-state index in [9.17, 15) is 24.3 Å². The largest absolute Gasteiger partial charge is 0.439 e. The highest BCUT2D eigenvalue weighted by Crippen LogP contribution is 2.28. The summed E-state index contributed by atoms with van der Waals surface area (Å²) in [7, 11) is 2.90. The zero-order valence-electron chi connectivity index (χ0n) is 23.2. The second kappa shape index (κ2) is 14.0. The molecule has 1 heterocycles. The van der Waals surface area contributed by atoms with Gasteiger partial charge in [0.15, 0.2) is 6.10 Å². The number of methoxy groups -OCH3 is 2. The number of hydrogen-bond acceptors (Lipinski definition) is 9. The molecule has 0 fully saturated rings. The van der Waals surface area contributed by atoms with Crippen molar-refractivity contribution in [1.29, 1.82) is 0 Å². The van der Waals surface area contributed by atoms with Gasteiger partial charge in [-0.1, -0.05) is 38.2 Å². The smallest absolute Gasteiger partial charge is 0.405 e. The molecule has 39 heavy (non-hydrogen) atoms. The second-order valence-corrected chi connectivity index (χ2v) is 9.97. The highest BCUT2D eigenvalue weighted by Gasteiger charge is 2.32. The molecule has 2 rings (SSSR count). The summed E-state index contributed by atoms with van der Waals surface area (Å²) in [6.07, 6.45) is 3.55. The van der Waals surface area contributed by atoms with Crippen LogP contribution in [0.25, 0.3) is 0 Å². The van der Waals surface area contributed by atoms with Gasteiger partial charge in [0, 0.05) is 37.4 Å². The van der Waals surface area contributed by atoms with E-state index in [-0.39, 0.29) is 34.9 Å². The number of allylic oxidation sites excluding steroid dienone is 4. The third kappa shape index (κ3) is 8.22. The second-order valence-electron chi connectivity index (χ2n) is 9.97. The number of aliphatic hydroxyl groups excluding tert-OH is 1. The molecule has 11 nitrogen and oxygen atoms in total. The lowest BCUT2D eigenvalue weighted by atomic mass is 9.85. The molecule has 214 valence electrons. The van der Waals surface area contributed by atoms with E-state index in [2.05, 4.69) is 5.32 Å². The van der Waals surface area contributed by atoms with Crippen molar-refractivity contribution < 1.29 is 38.5 Å². The van der Waals surface area contributed by atoms with Crippen LogP contribution < -0.4 is 16.8 Å². The van der Waals surface area contributed by atoms with E-state index in [1.165, 1.54) is 33.3 Å². The fourth-order valence-corrected chi connectivity index (χ4v) is 4.61. The van der Waals surface area contributed by atoms with Gasteiger partial charge in [-0.15, -0.1) is 0 Å². The Morgan fingerprint density at radius 1 is 1.13 bits per heavy atom. The van der Waals surface area contributed by atoms with Gasteiger partial charge < -0.3 is 36.1 Å². The van der Waals surface area contributed by atoms with E-state index < -0.39 is 53.9 Å². The predicted molar refractivity (Wildman–Crippen MR) is 144 cm³/mol. The predicted octanol–water partition coefficient (Wildman–Crippen LogP) is 1.72. The molecule has 1 aliphatic carbocycles. The molecule has 0 aromatic rings. The van der Waals surface area contributed by atoms with Gasteiger partial charge in [0.05, 0.1) is 23.6 Å². The number of carbonyl (C=O) groups excluding carboxylic acids is 4. The van der Waals surface area contributed by atoms with Gasteiger partial charge in [-0.05, 0) is 38.2 Å². The van der Waals surface area contributed by atoms with Crippen LogP contribution in [0, 0.1) is 11.8 Å². The van der Waals surface area contributed by atoms with E-state index >= 15 is 0 Å². The number of nitrogens with one attached hydrogen (secondary N) is 1. The average Bonchev–Trinajstić information content (AvgIpc) is 2.88. The van der Waals surface area contributed by atoms with E-state index in [0.29, 0.717) is 12.0 Å². The highest BCUT2D eigenvalue weighted by molar-refractivity contribution is 6.23. The van der Waals surface area contributed by atoms with Gasteiger partial charge >= 0.3 is 6.09 Å². The number of fused-ring (bicyclic) bond motifs is 2. The van der Waals surface area contributed by atoms with Crippen molar-refractivity contribution in [2.75, 3.05) is 14.2 Å². The molecule has 11 heteroatoms. The highest BCUT2D eigenvalue weighted by atomic mass is 16.6. The first-order valence-electron chi connectivity index (χ1n) is 12.6. The Morgan fingerprint density at radius 3 is 2.38 bits per heavy atom. The number of hydrogen-bond donors (Lipinski definition) is 4. The SMILES string of the molecule is COC1/C=C\C=C(/C)C(=O)NC2=CC(=O)C(N)=C(C[C@@H](C)C[C@@H](OC)[C@@H](O)[C@H](C)/C=C(\C)[C@H]1OC(N)=O)C2=O. The number of ether oxygens (including phenoxy) is 3. The molecule has 0 spiro atoms. The molecule has 0 saturated heterocycles. The molecular formula is C28H39N3O8. The monoisotopic (exact) mass is 545 g/mol. The first-order valence-corrected chi connectivity index (χ1v) is 12.6. The van der Waals surface area contributed by atoms with Crippen LogP contribution in [-0.4, -0.2) is 67.3 Å². The molecule has 0 saturated carbocycles. The van der Waals surface area contributed by atoms with Gasteiger partial charge in [-0.3, -0.25) is 14.4 Å². The van der Waals surface area contributed by atoms with Crippen molar-refractivity contribution in [2.24, 2.45) is 23.3 Å². The van der Waals surface area contributed by atoms with Gasteiger partial charge in [0.1, 0.15) is 6.10 Å². The van der Waals surface area contributed by atoms with Crippen molar-refractivity contribution in [3.05, 3.63) is 58.5 Å². The van der Waals surface area contributed by atoms with Crippen LogP contribution in [-0.2, 0) is 28.6 Å². The molecule has 2 aliphatic rings. The first-order chi connectivity index (χ1) is 18.3. The van der Waals surface area contributed by atoms with Crippen molar-refractivity contribution >= 4 is 23.6 Å². The molecule has 0 aromatic carbocycles. The quantitative estimate of drug-likeness (QED) is 0.303. The number of primary amides is 1. The molecule has 2 bridgehead atoms. The lowest BCUT2D eigenvalue weighted by molar-refractivity contribution is -0.120. The lowest BCUT2D eigenvalue weighted by Gasteiger charge is -2.29. The van der Waals surface area contributed by atoms with Crippen LogP contribution in [0.15, 0.2) is 58.5 Å². The Kier molecular flexibility index (Phi) is 11.4. The summed E-state index contributed by atoms with van der Waals surface area (Å²) in [5.74, 6) is -2.37. The van der Waals surface area contributed by atoms with Gasteiger partial charge in [-0.25, -0.2) is 4.79 Å². The zero-order valence-corrected chi connectivity index (χ0v) is 23.2. The Morgan fingerprint density at radius 2 is 1.79 bits per heavy atom. The maximum atomic E-state index is 13.2. The minimum atomic E-state index is -1.00. The number of aliphatic hydroxyl groups is 1. The summed E-state index contributed by atoms with van der Waals surface area (Å²) in [6, 6.07) is 0. The van der Waals surface area contributed by atoms with Crippen molar-refractivity contribution in [3.63, 3.8) is 0 Å². The molecule has 6 atom stereocenters. The summed E-state index contributed by atoms with van der Waals surface area (Å²) in [5, 5.41) is 13.6. The number of Topliss-reactive ketones (excluding diaryl/α,β-unsaturated/α-hetero) is 1. The normalized spacial score (nSPS) is 33.3. The summed E-state index contributed by atoms with van der Waals surface area (Å²) in [4.78, 5) is 50.1. The third-order valence-corrected chi connectivity index (χ3v) is 6.84. The number of nitrogens with two attached hydrogens (primary N) is 2. The number of ketones is 2. The maximum absolute atomic E-state index is 13.2. The van der Waals surface area contributed by atoms with Gasteiger partial charge in [0.2, 0.25) is 11.6 Å². The van der Waals surface area contributed by atoms with E-state index in [1.54, 1.807) is 26.0 Å². The Labute approximate surface area is 228 Å². The minimum Gasteiger partial charge on any atom is -0.439 e. The zero-order chi connectivity index (χ0) is 29.4. The topological polar surface area (TPSA) is 180 Å². The summed E-state index contributed by atoms with van der Waals surface area (Å²) >= 11 is 0. The van der Waals surface area contributed by atoms with Crippen LogP contribution in [0.3, 0.4) is 0 Å². The maximum Gasteiger partial charge on any atom is 0.405 e. The van der Waals surface area contributed by atoms with Crippen molar-refractivity contribution in [2.45, 2.75) is 65.0 Å². The van der Waals surface area contributed by atoms with Crippen LogP contribution in [0.4, 0.5) is 4.79 Å². The molecule has 2 amide bonds. The average molecular weight is 546 g/mol. The number of rotatable bonds is 3. The first kappa shape index (κ1) is 31.7. The summed E-state index contributed by atoms with van der Waals surface area (Å²) in [6.45, 7) is 6.89. The summed E-state index contributed by atoms with van der Waals surface area (Å²) in [5.41, 5.74) is 11.9. The third-order valence-electron chi connectivity index (χ3n) is 6.84. The molecule has 6 N–H and O–H groups in total. The Balaban J connectivity index is 2.58. The number of amides is 2. The van der Waals surface area contributed by atoms with E-state index in [0.717, 1.165) is 6.08 Å². The van der Waals surface area contributed by atoms with Crippen LogP contribution in [0.2, 0.25) is 0 Å². The summed E-state index contributed by atoms with van der Waals surface area (Å²) < 4.78 is 16.4. The Bertz CT molecular complexity index is 1130. The van der Waals surface area contributed by atoms with Crippen LogP contribution in [0.1, 0.15) is 40.5 Å². The number of carbonyl (C=O) groups is 4. The molecule has 1 unspecified atom stereocenters. The fraction of sp³-hybridized carbons (Fsp3) is 0.500. The van der Waals surface area contributed by atoms with Crippen molar-refractivity contribution in [1.82, 2.24) is 5.32 Å². The molecule has 0 radical (unpaired) electrons. The molecule has 0 aromatic heterocycles. The Hall–Kier alpha value is -3.54. The van der Waals surface area contributed by atoms with Gasteiger partial charge in [-0.2, -0.15) is 0 Å². The van der Waals surface area contributed by atoms with E-state index in [4.69, 9.17) is 25.7 Å². The van der Waals surface area contributed by atoms with Gasteiger partial charge in [0.25, 0.3) is 5.91 Å². The fourth-order valence-electron chi connectivity index (χ4n) is 4.61. The molecule has 1 aliphatic heterocycles. The van der Waals surface area contributed by atoms with Crippen molar-refractivity contribution in [3.8, 4) is 0 Å². The van der Waals surface area contributed by atoms with E-state index in [1.807, 2.05) is 6.92 Å². The minimum absolute atomic E-state index is 0.104. The van der Waals surface area contributed by atoms with Crippen LogP contribution in [0.5, 0.6) is 0 Å². The van der Waals surface area contributed by atoms with Crippen LogP contribution >= 0.6 is 0 Å². The standard InChI is InChI=1S/C28H39N3O8/c1-14-10-18-23(29)20(32)13-19(25(18)34)31-27(35)15(2)8-7-9-21(37-5)26(39-28(30)36)17(4)12-16(3)24(33)22(11-14)38-6/h7-9,12-14,16,21-22,24,26,33H,10-11,29H2,1-6H3,(H2,30,36)(H,31,35)/b9-7-,15-8+,17-12+/t14-,16-,21?,22-,24+,26-/m1/s1.